The normalized spacial score (nSPS) is 17.0. The molecule has 0 rings (SSSR count). The first-order valence-electron chi connectivity index (χ1n) is 12.9. The Labute approximate surface area is 218 Å². The summed E-state index contributed by atoms with van der Waals surface area (Å²) < 4.78 is 17.1. The van der Waals surface area contributed by atoms with Crippen LogP contribution in [0, 0.1) is 17.3 Å². The van der Waals surface area contributed by atoms with Crippen molar-refractivity contribution >= 4 is 17.8 Å². The second-order valence-electron chi connectivity index (χ2n) is 12.2. The first-order valence-corrected chi connectivity index (χ1v) is 12.9. The summed E-state index contributed by atoms with van der Waals surface area (Å²) in [4.78, 5) is 37.2. The Balaban J connectivity index is 4.80. The van der Waals surface area contributed by atoms with Crippen molar-refractivity contribution in [3.05, 3.63) is 0 Å². The fourth-order valence-corrected chi connectivity index (χ4v) is 3.38. The summed E-state index contributed by atoms with van der Waals surface area (Å²) in [5.41, 5.74) is -1.79. The predicted octanol–water partition coefficient (Wildman–Crippen LogP) is 3.78. The number of nitrogens with one attached hydrogen (secondary N) is 2. The third-order valence-corrected chi connectivity index (χ3v) is 6.94. The number of hydrogen-bond acceptors (Lipinski definition) is 6. The lowest BCUT2D eigenvalue weighted by Gasteiger charge is -2.35. The number of aliphatic carboxylic acids is 1. The standard InChI is InChI=1S/C27H52N2O7/c1-17(34-12)16-36-26(8,9)13-14-35-20(4)19(3)28-23(31)18(2)27(10,11)29-22(30)15-21(24(32)33)25(5,6)7/h17-21H,13-16H2,1-12H3,(H,28,31)(H,29,30)(H,32,33). The van der Waals surface area contributed by atoms with Crippen LogP contribution in [-0.2, 0) is 28.6 Å². The highest BCUT2D eigenvalue weighted by Crippen LogP contribution is 2.29. The van der Waals surface area contributed by atoms with E-state index in [2.05, 4.69) is 10.6 Å². The summed E-state index contributed by atoms with van der Waals surface area (Å²) in [5, 5.41) is 15.3. The van der Waals surface area contributed by atoms with Gasteiger partial charge in [0, 0.05) is 25.7 Å². The number of rotatable bonds is 16. The fourth-order valence-electron chi connectivity index (χ4n) is 3.38. The zero-order valence-corrected chi connectivity index (χ0v) is 24.6. The van der Waals surface area contributed by atoms with E-state index in [1.54, 1.807) is 48.7 Å². The highest BCUT2D eigenvalue weighted by atomic mass is 16.5. The molecule has 9 heteroatoms. The van der Waals surface area contributed by atoms with Crippen LogP contribution in [0.3, 0.4) is 0 Å². The van der Waals surface area contributed by atoms with Crippen LogP contribution >= 0.6 is 0 Å². The van der Waals surface area contributed by atoms with Crippen molar-refractivity contribution in [2.45, 2.75) is 118 Å². The Morgan fingerprint density at radius 1 is 0.944 bits per heavy atom. The van der Waals surface area contributed by atoms with Gasteiger partial charge in [0.1, 0.15) is 0 Å². The molecule has 9 nitrogen and oxygen atoms in total. The third kappa shape index (κ3) is 12.5. The first kappa shape index (κ1) is 34.3. The van der Waals surface area contributed by atoms with Gasteiger partial charge in [0.2, 0.25) is 11.8 Å². The number of carboxylic acids is 1. The van der Waals surface area contributed by atoms with E-state index in [-0.39, 0.29) is 36.2 Å². The van der Waals surface area contributed by atoms with Crippen molar-refractivity contribution in [3.63, 3.8) is 0 Å². The Hall–Kier alpha value is -1.71. The molecule has 0 spiro atoms. The quantitative estimate of drug-likeness (QED) is 0.285. The SMILES string of the molecule is COC(C)COC(C)(C)CCOC(C)C(C)NC(=O)C(C)C(C)(C)NC(=O)CC(C(=O)O)C(C)(C)C. The van der Waals surface area contributed by atoms with Gasteiger partial charge in [-0.15, -0.1) is 0 Å². The van der Waals surface area contributed by atoms with Gasteiger partial charge in [-0.05, 0) is 60.3 Å². The molecule has 0 fully saturated rings. The highest BCUT2D eigenvalue weighted by Gasteiger charge is 2.37. The third-order valence-electron chi connectivity index (χ3n) is 6.94. The number of methoxy groups -OCH3 is 1. The van der Waals surface area contributed by atoms with Gasteiger partial charge in [0.15, 0.2) is 0 Å². The van der Waals surface area contributed by atoms with E-state index in [0.29, 0.717) is 19.6 Å². The Morgan fingerprint density at radius 2 is 1.50 bits per heavy atom. The van der Waals surface area contributed by atoms with E-state index in [1.165, 1.54) is 0 Å². The molecule has 0 aromatic heterocycles. The monoisotopic (exact) mass is 516 g/mol. The lowest BCUT2D eigenvalue weighted by Crippen LogP contribution is -2.55. The molecule has 0 aliphatic carbocycles. The largest absolute Gasteiger partial charge is 0.481 e. The van der Waals surface area contributed by atoms with Crippen molar-refractivity contribution in [3.8, 4) is 0 Å². The van der Waals surface area contributed by atoms with Gasteiger partial charge >= 0.3 is 5.97 Å². The van der Waals surface area contributed by atoms with Crippen LogP contribution in [0.4, 0.5) is 0 Å². The van der Waals surface area contributed by atoms with Gasteiger partial charge in [0.25, 0.3) is 0 Å². The molecule has 212 valence electrons. The molecule has 0 heterocycles. The molecule has 2 amide bonds. The molecule has 5 atom stereocenters. The second kappa shape index (κ2) is 14.3. The second-order valence-corrected chi connectivity index (χ2v) is 12.2. The van der Waals surface area contributed by atoms with Gasteiger partial charge in [-0.2, -0.15) is 0 Å². The minimum Gasteiger partial charge on any atom is -0.481 e. The van der Waals surface area contributed by atoms with E-state index < -0.39 is 34.7 Å². The van der Waals surface area contributed by atoms with E-state index >= 15 is 0 Å². The van der Waals surface area contributed by atoms with Crippen LogP contribution in [0.5, 0.6) is 0 Å². The van der Waals surface area contributed by atoms with E-state index in [1.807, 2.05) is 34.6 Å². The first-order chi connectivity index (χ1) is 16.2. The number of carboxylic acid groups (broad SMARTS) is 1. The number of amides is 2. The number of hydrogen-bond donors (Lipinski definition) is 3. The van der Waals surface area contributed by atoms with Crippen molar-refractivity contribution in [2.75, 3.05) is 20.3 Å². The Kier molecular flexibility index (Phi) is 13.6. The maximum Gasteiger partial charge on any atom is 0.307 e. The molecule has 0 aromatic carbocycles. The molecule has 3 N–H and O–H groups in total. The fraction of sp³-hybridized carbons (Fsp3) is 0.889. The van der Waals surface area contributed by atoms with Gasteiger partial charge in [0.05, 0.1) is 42.3 Å². The van der Waals surface area contributed by atoms with E-state index in [9.17, 15) is 19.5 Å². The van der Waals surface area contributed by atoms with Gasteiger partial charge in [-0.25, -0.2) is 0 Å². The summed E-state index contributed by atoms with van der Waals surface area (Å²) in [6.07, 6.45) is 0.334. The molecule has 0 radical (unpaired) electrons. The van der Waals surface area contributed by atoms with Crippen molar-refractivity contribution in [1.82, 2.24) is 10.6 Å². The summed E-state index contributed by atoms with van der Waals surface area (Å²) in [6, 6.07) is -0.249. The summed E-state index contributed by atoms with van der Waals surface area (Å²) in [7, 11) is 1.65. The summed E-state index contributed by atoms with van der Waals surface area (Å²) >= 11 is 0. The number of carbonyl (C=O) groups is 3. The Morgan fingerprint density at radius 3 is 1.97 bits per heavy atom. The van der Waals surface area contributed by atoms with Crippen molar-refractivity contribution in [1.29, 1.82) is 0 Å². The van der Waals surface area contributed by atoms with Crippen LogP contribution in [-0.4, -0.2) is 72.6 Å². The number of carbonyl (C=O) groups excluding carboxylic acids is 2. The maximum atomic E-state index is 12.9. The van der Waals surface area contributed by atoms with E-state index in [0.717, 1.165) is 0 Å². The molecular weight excluding hydrogens is 464 g/mol. The average molecular weight is 517 g/mol. The van der Waals surface area contributed by atoms with Gasteiger partial charge < -0.3 is 30.0 Å². The van der Waals surface area contributed by atoms with Crippen LogP contribution in [0.2, 0.25) is 0 Å². The van der Waals surface area contributed by atoms with Crippen LogP contribution in [0.15, 0.2) is 0 Å². The van der Waals surface area contributed by atoms with Crippen LogP contribution in [0.25, 0.3) is 0 Å². The lowest BCUT2D eigenvalue weighted by atomic mass is 9.78. The van der Waals surface area contributed by atoms with Crippen LogP contribution < -0.4 is 10.6 Å². The van der Waals surface area contributed by atoms with Gasteiger partial charge in [-0.3, -0.25) is 14.4 Å². The topological polar surface area (TPSA) is 123 Å². The molecular formula is C27H52N2O7. The molecule has 5 unspecified atom stereocenters. The Bertz CT molecular complexity index is 715. The molecule has 0 aliphatic heterocycles. The highest BCUT2D eigenvalue weighted by molar-refractivity contribution is 5.85. The summed E-state index contributed by atoms with van der Waals surface area (Å²) in [5.74, 6) is -3.00. The molecule has 0 aliphatic rings. The summed E-state index contributed by atoms with van der Waals surface area (Å²) in [6.45, 7) is 21.4. The minimum atomic E-state index is -1.01. The van der Waals surface area contributed by atoms with Crippen molar-refractivity contribution in [2.24, 2.45) is 17.3 Å². The maximum absolute atomic E-state index is 12.9. The average Bonchev–Trinajstić information content (AvgIpc) is 2.73. The smallest absolute Gasteiger partial charge is 0.307 e. The van der Waals surface area contributed by atoms with Crippen LogP contribution in [0.1, 0.15) is 89.0 Å². The molecule has 0 bridgehead atoms. The minimum absolute atomic E-state index is 0.0208. The molecule has 0 aromatic rings. The molecule has 0 saturated carbocycles. The van der Waals surface area contributed by atoms with Crippen molar-refractivity contribution < 1.29 is 33.7 Å². The van der Waals surface area contributed by atoms with E-state index in [4.69, 9.17) is 14.2 Å². The van der Waals surface area contributed by atoms with Gasteiger partial charge in [-0.1, -0.05) is 27.7 Å². The zero-order chi connectivity index (χ0) is 28.5. The lowest BCUT2D eigenvalue weighted by molar-refractivity contribution is -0.148. The predicted molar refractivity (Wildman–Crippen MR) is 141 cm³/mol. The molecule has 36 heavy (non-hydrogen) atoms. The zero-order valence-electron chi connectivity index (χ0n) is 24.6. The number of ether oxygens (including phenoxy) is 3. The molecule has 0 saturated heterocycles.